The Hall–Kier alpha value is -2.02. The molecule has 0 spiro atoms. The molecule has 0 saturated carbocycles. The molecule has 3 rings (SSSR count). The first-order valence-electron chi connectivity index (χ1n) is 8.45. The van der Waals surface area contributed by atoms with Crippen LogP contribution in [0.25, 0.3) is 0 Å². The molecule has 5 nitrogen and oxygen atoms in total. The molecule has 3 aromatic rings. The summed E-state index contributed by atoms with van der Waals surface area (Å²) < 4.78 is 17.8. The van der Waals surface area contributed by atoms with Gasteiger partial charge in [-0.05, 0) is 55.5 Å². The maximum absolute atomic E-state index is 10.4. The summed E-state index contributed by atoms with van der Waals surface area (Å²) >= 11 is 3.39. The number of rotatable bonds is 9. The lowest BCUT2D eigenvalue weighted by Gasteiger charge is -2.23. The summed E-state index contributed by atoms with van der Waals surface area (Å²) in [4.78, 5) is 2.08. The van der Waals surface area contributed by atoms with Crippen LogP contribution in [0, 0.1) is 6.92 Å². The summed E-state index contributed by atoms with van der Waals surface area (Å²) in [6.45, 7) is 3.75. The Labute approximate surface area is 161 Å². The van der Waals surface area contributed by atoms with Crippen LogP contribution in [0.4, 0.5) is 0 Å². The first-order chi connectivity index (χ1) is 12.6. The van der Waals surface area contributed by atoms with Crippen molar-refractivity contribution in [2.24, 2.45) is 0 Å². The molecule has 1 unspecified atom stereocenters. The fraction of sp³-hybridized carbons (Fsp3) is 0.300. The minimum Gasteiger partial charge on any atom is -0.491 e. The highest BCUT2D eigenvalue weighted by atomic mass is 79.9. The van der Waals surface area contributed by atoms with Crippen molar-refractivity contribution in [1.82, 2.24) is 4.90 Å². The van der Waals surface area contributed by atoms with Crippen molar-refractivity contribution in [1.29, 1.82) is 0 Å². The van der Waals surface area contributed by atoms with E-state index in [2.05, 4.69) is 20.8 Å². The molecule has 0 saturated heterocycles. The van der Waals surface area contributed by atoms with Crippen molar-refractivity contribution in [3.8, 4) is 5.75 Å². The average molecular weight is 420 g/mol. The molecule has 138 valence electrons. The number of aliphatic hydroxyl groups is 1. The normalized spacial score (nSPS) is 12.5. The molecule has 0 bridgehead atoms. The molecule has 0 aliphatic carbocycles. The number of aryl methyl sites for hydroxylation is 1. The maximum Gasteiger partial charge on any atom is 0.119 e. The molecule has 2 heterocycles. The summed E-state index contributed by atoms with van der Waals surface area (Å²) in [6, 6.07) is 15.2. The van der Waals surface area contributed by atoms with Crippen molar-refractivity contribution in [2.45, 2.75) is 26.1 Å². The molecule has 1 atom stereocenters. The number of aliphatic hydroxyl groups excluding tert-OH is 1. The van der Waals surface area contributed by atoms with Crippen LogP contribution >= 0.6 is 15.9 Å². The highest BCUT2D eigenvalue weighted by Crippen LogP contribution is 2.17. The summed E-state index contributed by atoms with van der Waals surface area (Å²) in [5.41, 5.74) is 0. The van der Waals surface area contributed by atoms with Gasteiger partial charge in [-0.3, -0.25) is 4.90 Å². The second kappa shape index (κ2) is 9.07. The first kappa shape index (κ1) is 18.8. The molecule has 0 amide bonds. The van der Waals surface area contributed by atoms with Gasteiger partial charge in [0.05, 0.1) is 19.4 Å². The molecular formula is C20H22BrNO4. The number of nitrogens with zero attached hydrogens (tertiary/aromatic N) is 1. The van der Waals surface area contributed by atoms with Crippen molar-refractivity contribution in [2.75, 3.05) is 13.2 Å². The van der Waals surface area contributed by atoms with E-state index >= 15 is 0 Å². The van der Waals surface area contributed by atoms with E-state index < -0.39 is 6.10 Å². The molecule has 26 heavy (non-hydrogen) atoms. The minimum absolute atomic E-state index is 0.216. The van der Waals surface area contributed by atoms with Gasteiger partial charge in [0.2, 0.25) is 0 Å². The van der Waals surface area contributed by atoms with E-state index in [0.29, 0.717) is 19.6 Å². The van der Waals surface area contributed by atoms with Gasteiger partial charge in [-0.25, -0.2) is 0 Å². The van der Waals surface area contributed by atoms with E-state index in [4.69, 9.17) is 13.6 Å². The third kappa shape index (κ3) is 5.76. The minimum atomic E-state index is -0.635. The van der Waals surface area contributed by atoms with Crippen LogP contribution in [-0.4, -0.2) is 29.3 Å². The molecular weight excluding hydrogens is 398 g/mol. The van der Waals surface area contributed by atoms with Crippen LogP contribution in [0.3, 0.4) is 0 Å². The summed E-state index contributed by atoms with van der Waals surface area (Å²) in [6.07, 6.45) is 1.02. The van der Waals surface area contributed by atoms with E-state index in [-0.39, 0.29) is 6.61 Å². The average Bonchev–Trinajstić information content (AvgIpc) is 3.26. The topological polar surface area (TPSA) is 59.0 Å². The largest absolute Gasteiger partial charge is 0.491 e. The molecule has 6 heteroatoms. The molecule has 0 aliphatic heterocycles. The zero-order valence-electron chi connectivity index (χ0n) is 14.6. The van der Waals surface area contributed by atoms with Gasteiger partial charge in [0.1, 0.15) is 35.7 Å². The van der Waals surface area contributed by atoms with Gasteiger partial charge in [0, 0.05) is 11.0 Å². The Morgan fingerprint density at radius 3 is 2.50 bits per heavy atom. The number of furan rings is 2. The Morgan fingerprint density at radius 2 is 1.85 bits per heavy atom. The molecule has 0 fully saturated rings. The van der Waals surface area contributed by atoms with Crippen LogP contribution in [0.1, 0.15) is 17.3 Å². The molecule has 1 aromatic carbocycles. The smallest absolute Gasteiger partial charge is 0.119 e. The lowest BCUT2D eigenvalue weighted by Crippen LogP contribution is -2.34. The van der Waals surface area contributed by atoms with Crippen LogP contribution in [0.15, 0.2) is 68.1 Å². The Kier molecular flexibility index (Phi) is 6.55. The standard InChI is InChI=1S/C20H22BrNO4/c1-15-4-7-20(26-15)13-22(12-19-3-2-10-24-19)11-17(23)14-25-18-8-5-16(21)6-9-18/h2-10,17,23H,11-14H2,1H3. The highest BCUT2D eigenvalue weighted by Gasteiger charge is 2.16. The van der Waals surface area contributed by atoms with Gasteiger partial charge in [-0.1, -0.05) is 15.9 Å². The second-order valence-corrected chi connectivity index (χ2v) is 7.10. The van der Waals surface area contributed by atoms with E-state index in [1.165, 1.54) is 0 Å². The van der Waals surface area contributed by atoms with Crippen molar-refractivity contribution in [3.05, 3.63) is 76.5 Å². The maximum atomic E-state index is 10.4. The monoisotopic (exact) mass is 419 g/mol. The summed E-state index contributed by atoms with van der Waals surface area (Å²) in [7, 11) is 0. The number of halogens is 1. The quantitative estimate of drug-likeness (QED) is 0.557. The molecule has 0 radical (unpaired) electrons. The van der Waals surface area contributed by atoms with Crippen LogP contribution in [0.5, 0.6) is 5.75 Å². The van der Waals surface area contributed by atoms with Crippen LogP contribution in [0.2, 0.25) is 0 Å². The zero-order valence-corrected chi connectivity index (χ0v) is 16.2. The number of benzene rings is 1. The number of ether oxygens (including phenoxy) is 1. The number of hydrogen-bond acceptors (Lipinski definition) is 5. The second-order valence-electron chi connectivity index (χ2n) is 6.18. The Balaban J connectivity index is 1.57. The highest BCUT2D eigenvalue weighted by molar-refractivity contribution is 9.10. The SMILES string of the molecule is Cc1ccc(CN(Cc2ccco2)CC(O)COc2ccc(Br)cc2)o1. The molecule has 1 N–H and O–H groups in total. The van der Waals surface area contributed by atoms with E-state index in [0.717, 1.165) is 27.5 Å². The van der Waals surface area contributed by atoms with Gasteiger partial charge in [-0.15, -0.1) is 0 Å². The predicted octanol–water partition coefficient (Wildman–Crippen LogP) is 4.39. The summed E-state index contributed by atoms with van der Waals surface area (Å²) in [5.74, 6) is 3.30. The Bertz CT molecular complexity index is 783. The third-order valence-electron chi connectivity index (χ3n) is 3.86. The lowest BCUT2D eigenvalue weighted by molar-refractivity contribution is 0.0579. The van der Waals surface area contributed by atoms with Gasteiger partial charge < -0.3 is 18.7 Å². The van der Waals surface area contributed by atoms with E-state index in [1.54, 1.807) is 6.26 Å². The van der Waals surface area contributed by atoms with E-state index in [9.17, 15) is 5.11 Å². The van der Waals surface area contributed by atoms with Crippen LogP contribution in [-0.2, 0) is 13.1 Å². The van der Waals surface area contributed by atoms with Crippen molar-refractivity contribution in [3.63, 3.8) is 0 Å². The first-order valence-corrected chi connectivity index (χ1v) is 9.24. The van der Waals surface area contributed by atoms with E-state index in [1.807, 2.05) is 55.5 Å². The zero-order chi connectivity index (χ0) is 18.4. The van der Waals surface area contributed by atoms with Crippen LogP contribution < -0.4 is 4.74 Å². The van der Waals surface area contributed by atoms with Gasteiger partial charge in [0.25, 0.3) is 0 Å². The van der Waals surface area contributed by atoms with Crippen molar-refractivity contribution >= 4 is 15.9 Å². The van der Waals surface area contributed by atoms with Gasteiger partial charge >= 0.3 is 0 Å². The third-order valence-corrected chi connectivity index (χ3v) is 4.39. The summed E-state index contributed by atoms with van der Waals surface area (Å²) in [5, 5.41) is 10.4. The Morgan fingerprint density at radius 1 is 1.08 bits per heavy atom. The van der Waals surface area contributed by atoms with Gasteiger partial charge in [-0.2, -0.15) is 0 Å². The molecule has 2 aromatic heterocycles. The fourth-order valence-corrected chi connectivity index (χ4v) is 2.94. The predicted molar refractivity (Wildman–Crippen MR) is 102 cm³/mol. The molecule has 0 aliphatic rings. The van der Waals surface area contributed by atoms with Crippen molar-refractivity contribution < 1.29 is 18.7 Å². The number of hydrogen-bond donors (Lipinski definition) is 1. The lowest BCUT2D eigenvalue weighted by atomic mass is 10.3. The van der Waals surface area contributed by atoms with Gasteiger partial charge in [0.15, 0.2) is 0 Å². The fourth-order valence-electron chi connectivity index (χ4n) is 2.67.